The van der Waals surface area contributed by atoms with Gasteiger partial charge in [-0.1, -0.05) is 47.6 Å². The molecular formula is C47H55NO10S2. The number of benzene rings is 3. The fourth-order valence-electron chi connectivity index (χ4n) is 10.7. The Kier molecular flexibility index (Phi) is 11.4. The molecule has 11 nitrogen and oxygen atoms in total. The van der Waals surface area contributed by atoms with Crippen LogP contribution in [0.4, 0.5) is 0 Å². The molecule has 1 aromatic heterocycles. The highest BCUT2D eigenvalue weighted by atomic mass is 33.1. The predicted octanol–water partition coefficient (Wildman–Crippen LogP) is 8.71. The molecule has 7 N–H and O–H groups in total. The molecule has 0 radical (unpaired) electrons. The van der Waals surface area contributed by atoms with E-state index in [9.17, 15) is 30.6 Å². The maximum absolute atomic E-state index is 13.2. The predicted molar refractivity (Wildman–Crippen MR) is 234 cm³/mol. The van der Waals surface area contributed by atoms with E-state index in [1.54, 1.807) is 22.9 Å². The number of allylic oxidation sites excluding steroid dienone is 1. The van der Waals surface area contributed by atoms with Crippen LogP contribution in [0.5, 0.6) is 40.2 Å². The van der Waals surface area contributed by atoms with Crippen LogP contribution in [0.15, 0.2) is 54.9 Å². The number of aromatic amines is 1. The number of rotatable bonds is 11. The Labute approximate surface area is 358 Å². The van der Waals surface area contributed by atoms with Gasteiger partial charge in [-0.2, -0.15) is 0 Å². The van der Waals surface area contributed by atoms with Gasteiger partial charge < -0.3 is 54.6 Å². The molecule has 0 unspecified atom stereocenters. The zero-order valence-corrected chi connectivity index (χ0v) is 35.9. The summed E-state index contributed by atoms with van der Waals surface area (Å²) in [4.78, 5) is 3.23. The molecule has 3 heterocycles. The van der Waals surface area contributed by atoms with E-state index in [1.807, 2.05) is 35.2 Å². The lowest BCUT2D eigenvalue weighted by Crippen LogP contribution is -2.57. The van der Waals surface area contributed by atoms with Gasteiger partial charge in [-0.3, -0.25) is 0 Å². The molecular weight excluding hydrogens is 803 g/mol. The van der Waals surface area contributed by atoms with Crippen molar-refractivity contribution in [3.8, 4) is 51.4 Å². The molecule has 0 saturated heterocycles. The topological polar surface area (TPSA) is 174 Å². The van der Waals surface area contributed by atoms with E-state index in [-0.39, 0.29) is 70.5 Å². The number of aliphatic hydroxyl groups excluding tert-OH is 3. The van der Waals surface area contributed by atoms with Crippen molar-refractivity contribution >= 4 is 27.2 Å². The second-order valence-electron chi connectivity index (χ2n) is 17.4. The van der Waals surface area contributed by atoms with Crippen LogP contribution in [0.2, 0.25) is 0 Å². The van der Waals surface area contributed by atoms with E-state index in [2.05, 4.69) is 37.2 Å². The highest BCUT2D eigenvalue weighted by Crippen LogP contribution is 2.66. The van der Waals surface area contributed by atoms with Gasteiger partial charge in [0, 0.05) is 57.5 Å². The number of aromatic hydroxyl groups is 3. The van der Waals surface area contributed by atoms with Crippen molar-refractivity contribution in [2.45, 2.75) is 98.8 Å². The standard InChI is InChI=1S/C47H55NO10S2/c1-24(2)10-14-56-37-20-34(43(52)45(55-3)44(37)53)47-11-8-38-42(46(47)54)41-36(58-47)21-35(57-15-13-49)39-31-7-5-28(51)19-32(31)30(33(23-50)40(39)41)6-4-25-16-27(26-9-12-48-22-26)18-29(17-25)59-60-38/h5,7,9,12,18-22,24-25,29-30,33,38,42,46,48-54H,4,6,8,10-11,13-17,23H2,1-3H3/t25-,29-,30+,33-,38+,42-,46-,47+/m1/s1. The van der Waals surface area contributed by atoms with Crippen molar-refractivity contribution in [3.05, 3.63) is 82.7 Å². The van der Waals surface area contributed by atoms with E-state index in [4.69, 9.17) is 18.9 Å². The Bertz CT molecular complexity index is 2260. The second kappa shape index (κ2) is 16.6. The molecule has 3 aliphatic carbocycles. The first-order valence-electron chi connectivity index (χ1n) is 21.2. The molecule has 5 aliphatic rings. The number of methoxy groups -OCH3 is 1. The number of aliphatic hydroxyl groups is 3. The minimum absolute atomic E-state index is 0.00471. The molecule has 2 aliphatic heterocycles. The van der Waals surface area contributed by atoms with Crippen molar-refractivity contribution in [2.75, 3.05) is 33.5 Å². The number of fused-ring (bicyclic) bond motifs is 7. The van der Waals surface area contributed by atoms with Crippen LogP contribution in [-0.2, 0) is 5.60 Å². The van der Waals surface area contributed by atoms with Gasteiger partial charge in [0.2, 0.25) is 11.5 Å². The molecule has 60 heavy (non-hydrogen) atoms. The number of hydrogen-bond donors (Lipinski definition) is 7. The number of H-pyrrole nitrogens is 1. The Morgan fingerprint density at radius 3 is 2.53 bits per heavy atom. The molecule has 320 valence electrons. The van der Waals surface area contributed by atoms with Gasteiger partial charge in [-0.05, 0) is 115 Å². The molecule has 6 bridgehead atoms. The minimum atomic E-state index is -1.50. The number of phenols is 3. The minimum Gasteiger partial charge on any atom is -0.508 e. The highest BCUT2D eigenvalue weighted by molar-refractivity contribution is 8.77. The molecule has 1 saturated carbocycles. The molecule has 4 aromatic rings. The monoisotopic (exact) mass is 857 g/mol. The molecule has 0 amide bonds. The summed E-state index contributed by atoms with van der Waals surface area (Å²) in [6, 6.07) is 10.9. The van der Waals surface area contributed by atoms with E-state index in [0.717, 1.165) is 59.9 Å². The third-order valence-corrected chi connectivity index (χ3v) is 16.8. The van der Waals surface area contributed by atoms with Gasteiger partial charge in [0.25, 0.3) is 0 Å². The molecule has 13 heteroatoms. The van der Waals surface area contributed by atoms with Gasteiger partial charge in [0.05, 0.1) is 26.9 Å². The van der Waals surface area contributed by atoms with Gasteiger partial charge in [0.15, 0.2) is 17.1 Å². The third kappa shape index (κ3) is 6.98. The quantitative estimate of drug-likeness (QED) is 0.0717. The Balaban J connectivity index is 1.27. The number of hydrogen-bond acceptors (Lipinski definition) is 12. The lowest BCUT2D eigenvalue weighted by atomic mass is 9.61. The van der Waals surface area contributed by atoms with Crippen molar-refractivity contribution in [1.82, 2.24) is 4.98 Å². The number of ether oxygens (including phenoxy) is 4. The maximum atomic E-state index is 13.2. The van der Waals surface area contributed by atoms with E-state index >= 15 is 0 Å². The lowest BCUT2D eigenvalue weighted by Gasteiger charge is -2.54. The Hall–Kier alpha value is -4.14. The van der Waals surface area contributed by atoms with Crippen LogP contribution in [0.1, 0.15) is 104 Å². The number of aromatic nitrogens is 1. The molecule has 9 rings (SSSR count). The van der Waals surface area contributed by atoms with Crippen molar-refractivity contribution < 1.29 is 49.6 Å². The zero-order valence-electron chi connectivity index (χ0n) is 34.2. The van der Waals surface area contributed by atoms with Crippen molar-refractivity contribution in [2.24, 2.45) is 11.8 Å². The van der Waals surface area contributed by atoms with Crippen LogP contribution >= 0.6 is 21.6 Å². The average molecular weight is 858 g/mol. The Morgan fingerprint density at radius 1 is 0.950 bits per heavy atom. The van der Waals surface area contributed by atoms with Gasteiger partial charge in [0.1, 0.15) is 30.0 Å². The van der Waals surface area contributed by atoms with Crippen LogP contribution in [-0.4, -0.2) is 85.8 Å². The Morgan fingerprint density at radius 2 is 1.78 bits per heavy atom. The molecule has 1 fully saturated rings. The van der Waals surface area contributed by atoms with Crippen LogP contribution < -0.4 is 18.9 Å². The van der Waals surface area contributed by atoms with E-state index < -0.39 is 23.5 Å². The first-order valence-corrected chi connectivity index (χ1v) is 23.5. The van der Waals surface area contributed by atoms with E-state index in [1.165, 1.54) is 18.2 Å². The smallest absolute Gasteiger partial charge is 0.207 e. The normalized spacial score (nSPS) is 27.8. The molecule has 0 spiro atoms. The summed E-state index contributed by atoms with van der Waals surface area (Å²) >= 11 is 0. The summed E-state index contributed by atoms with van der Waals surface area (Å²) in [5, 5.41) is 69.1. The molecule has 3 aromatic carbocycles. The third-order valence-electron chi connectivity index (χ3n) is 13.5. The average Bonchev–Trinajstić information content (AvgIpc) is 3.78. The second-order valence-corrected chi connectivity index (χ2v) is 20.2. The maximum Gasteiger partial charge on any atom is 0.207 e. The first kappa shape index (κ1) is 41.2. The lowest BCUT2D eigenvalue weighted by molar-refractivity contribution is -0.112. The van der Waals surface area contributed by atoms with Crippen LogP contribution in [0, 0.1) is 11.8 Å². The van der Waals surface area contributed by atoms with Crippen molar-refractivity contribution in [1.29, 1.82) is 0 Å². The number of nitrogens with one attached hydrogen (secondary N) is 1. The summed E-state index contributed by atoms with van der Waals surface area (Å²) in [7, 11) is 5.01. The van der Waals surface area contributed by atoms with Gasteiger partial charge in [-0.15, -0.1) is 0 Å². The summed E-state index contributed by atoms with van der Waals surface area (Å²) in [5.41, 5.74) is 5.47. The summed E-state index contributed by atoms with van der Waals surface area (Å²) in [5.74, 6) is -0.0713. The fraction of sp³-hybridized carbons (Fsp3) is 0.489. The number of phenolic OH excluding ortho intramolecular Hbond substituents is 3. The van der Waals surface area contributed by atoms with Gasteiger partial charge >= 0.3 is 0 Å². The fourth-order valence-corrected chi connectivity index (χ4v) is 14.1. The summed E-state index contributed by atoms with van der Waals surface area (Å²) < 4.78 is 25.3. The summed E-state index contributed by atoms with van der Waals surface area (Å²) in [6.07, 6.45) is 10.5. The highest BCUT2D eigenvalue weighted by Gasteiger charge is 2.60. The van der Waals surface area contributed by atoms with Gasteiger partial charge in [-0.25, -0.2) is 0 Å². The SMILES string of the molecule is COc1c(O)c(OCCC(C)C)cc([C@@]23CC[C@@H]4SS[C@H]5C=C(c6cc[nH]c6)C[C@@H](CC[C@H]6c7cc(O)ccc7-c7c(OCCO)cc(c(c7[C@@H]6CO)[C@@H]4[C@H]2O)O3)C5)c1O. The largest absolute Gasteiger partial charge is 0.508 e. The molecule has 8 atom stereocenters. The van der Waals surface area contributed by atoms with E-state index in [0.29, 0.717) is 42.8 Å². The van der Waals surface area contributed by atoms with Crippen LogP contribution in [0.3, 0.4) is 0 Å². The first-order chi connectivity index (χ1) is 29.1. The summed E-state index contributed by atoms with van der Waals surface area (Å²) in [6.45, 7) is 4.06. The van der Waals surface area contributed by atoms with Crippen molar-refractivity contribution in [3.63, 3.8) is 0 Å². The zero-order chi connectivity index (χ0) is 41.9. The van der Waals surface area contributed by atoms with Crippen LogP contribution in [0.25, 0.3) is 16.7 Å².